The maximum absolute atomic E-state index is 12.8. The number of halogens is 2. The molecule has 1 aliphatic heterocycles. The molecule has 1 fully saturated rings. The summed E-state index contributed by atoms with van der Waals surface area (Å²) in [6.07, 6.45) is -2.44. The van der Waals surface area contributed by atoms with E-state index in [0.29, 0.717) is 26.9 Å². The van der Waals surface area contributed by atoms with E-state index in [-0.39, 0.29) is 19.8 Å². The van der Waals surface area contributed by atoms with Crippen LogP contribution in [0.4, 0.5) is 0 Å². The molecule has 0 unspecified atom stereocenters. The molecule has 0 aromatic heterocycles. The van der Waals surface area contributed by atoms with Crippen molar-refractivity contribution < 1.29 is 33.7 Å². The zero-order valence-electron chi connectivity index (χ0n) is 20.0. The first-order valence-electron chi connectivity index (χ1n) is 11.2. The molecule has 0 saturated carbocycles. The highest BCUT2D eigenvalue weighted by molar-refractivity contribution is 6.35. The van der Waals surface area contributed by atoms with Gasteiger partial charge in [0.2, 0.25) is 0 Å². The van der Waals surface area contributed by atoms with Crippen LogP contribution in [0.3, 0.4) is 0 Å². The second-order valence-corrected chi connectivity index (χ2v) is 10.1. The van der Waals surface area contributed by atoms with Crippen LogP contribution in [0.2, 0.25) is 10.0 Å². The van der Waals surface area contributed by atoms with Gasteiger partial charge in [-0.25, -0.2) is 4.79 Å². The number of carboxylic acid groups (broad SMARTS) is 1. The first kappa shape index (κ1) is 27.7. The van der Waals surface area contributed by atoms with Crippen LogP contribution < -0.4 is 15.4 Å². The Balaban J connectivity index is 1.60. The van der Waals surface area contributed by atoms with Crippen molar-refractivity contribution in [2.24, 2.45) is 0 Å². The molecule has 2 aromatic carbocycles. The Morgan fingerprint density at radius 3 is 2.17 bits per heavy atom. The van der Waals surface area contributed by atoms with Gasteiger partial charge in [-0.3, -0.25) is 9.59 Å². The molecular weight excluding hydrogens is 511 g/mol. The minimum absolute atomic E-state index is 0.00409. The lowest BCUT2D eigenvalue weighted by Crippen LogP contribution is -2.54. The maximum Gasteiger partial charge on any atom is 0.326 e. The molecule has 3 rings (SSSR count). The molecule has 11 heteroatoms. The monoisotopic (exact) mass is 538 g/mol. The van der Waals surface area contributed by atoms with Crippen LogP contribution in [0.1, 0.15) is 31.9 Å². The van der Waals surface area contributed by atoms with Gasteiger partial charge in [0.25, 0.3) is 11.8 Å². The lowest BCUT2D eigenvalue weighted by atomic mass is 10.0. The van der Waals surface area contributed by atoms with E-state index in [9.17, 15) is 19.5 Å². The van der Waals surface area contributed by atoms with Crippen LogP contribution >= 0.6 is 23.2 Å². The van der Waals surface area contributed by atoms with Gasteiger partial charge >= 0.3 is 5.97 Å². The largest absolute Gasteiger partial charge is 0.489 e. The van der Waals surface area contributed by atoms with E-state index < -0.39 is 41.6 Å². The van der Waals surface area contributed by atoms with Crippen molar-refractivity contribution >= 4 is 41.0 Å². The summed E-state index contributed by atoms with van der Waals surface area (Å²) >= 11 is 12.3. The molecule has 1 heterocycles. The minimum atomic E-state index is -1.26. The van der Waals surface area contributed by atoms with Crippen LogP contribution in [0, 0.1) is 0 Å². The van der Waals surface area contributed by atoms with E-state index in [1.807, 2.05) is 0 Å². The molecule has 1 aliphatic rings. The molecule has 0 aliphatic carbocycles. The number of ether oxygens (including phenoxy) is 3. The topological polar surface area (TPSA) is 123 Å². The zero-order valence-corrected chi connectivity index (χ0v) is 21.6. The number of amides is 2. The lowest BCUT2D eigenvalue weighted by molar-refractivity contribution is -0.144. The first-order valence-corrected chi connectivity index (χ1v) is 11.9. The standard InChI is InChI=1S/C25H28Cl2N2O7/c1-25(2,3)29-23(31)21-20(35-13-36-21)22(30)28-19(24(32)33)11-14-7-9-15(10-8-14)34-12-16-17(26)5-4-6-18(16)27/h4-10,19-21H,11-13H2,1-3H3,(H,28,30)(H,29,31)(H,32,33)/t19-,20+,21+/m0/s1. The Morgan fingerprint density at radius 1 is 1.03 bits per heavy atom. The van der Waals surface area contributed by atoms with Gasteiger partial charge in [0.15, 0.2) is 12.2 Å². The number of nitrogens with one attached hydrogen (secondary N) is 2. The predicted octanol–water partition coefficient (Wildman–Crippen LogP) is 3.34. The molecule has 2 aromatic rings. The average Bonchev–Trinajstić information content (AvgIpc) is 3.28. The van der Waals surface area contributed by atoms with Crippen LogP contribution in [0.15, 0.2) is 42.5 Å². The van der Waals surface area contributed by atoms with Crippen molar-refractivity contribution in [2.75, 3.05) is 6.79 Å². The Bertz CT molecular complexity index is 1080. The summed E-state index contributed by atoms with van der Waals surface area (Å²) in [4.78, 5) is 37.1. The quantitative estimate of drug-likeness (QED) is 0.447. The fourth-order valence-electron chi connectivity index (χ4n) is 3.46. The van der Waals surface area contributed by atoms with E-state index in [1.165, 1.54) is 0 Å². The smallest absolute Gasteiger partial charge is 0.326 e. The number of benzene rings is 2. The van der Waals surface area contributed by atoms with Crippen molar-refractivity contribution in [3.05, 3.63) is 63.6 Å². The fourth-order valence-corrected chi connectivity index (χ4v) is 3.97. The van der Waals surface area contributed by atoms with Crippen molar-refractivity contribution in [1.29, 1.82) is 0 Å². The molecule has 0 spiro atoms. The number of aliphatic carboxylic acids is 1. The predicted molar refractivity (Wildman–Crippen MR) is 133 cm³/mol. The van der Waals surface area contributed by atoms with E-state index in [4.69, 9.17) is 37.4 Å². The van der Waals surface area contributed by atoms with Gasteiger partial charge in [-0.15, -0.1) is 0 Å². The molecule has 0 radical (unpaired) electrons. The van der Waals surface area contributed by atoms with Crippen LogP contribution in [-0.2, 0) is 36.9 Å². The van der Waals surface area contributed by atoms with E-state index in [0.717, 1.165) is 0 Å². The Morgan fingerprint density at radius 2 is 1.61 bits per heavy atom. The molecular formula is C25H28Cl2N2O7. The number of hydrogen-bond donors (Lipinski definition) is 3. The summed E-state index contributed by atoms with van der Waals surface area (Å²) < 4.78 is 16.3. The Labute approximate surface area is 219 Å². The van der Waals surface area contributed by atoms with Crippen LogP contribution in [-0.4, -0.2) is 53.5 Å². The Kier molecular flexibility index (Phi) is 9.19. The molecule has 3 N–H and O–H groups in total. The van der Waals surface area contributed by atoms with Gasteiger partial charge in [-0.1, -0.05) is 41.4 Å². The number of carboxylic acids is 1. The summed E-state index contributed by atoms with van der Waals surface area (Å²) in [6.45, 7) is 5.29. The molecule has 194 valence electrons. The highest BCUT2D eigenvalue weighted by Gasteiger charge is 2.42. The third kappa shape index (κ3) is 7.57. The lowest BCUT2D eigenvalue weighted by Gasteiger charge is -2.24. The highest BCUT2D eigenvalue weighted by Crippen LogP contribution is 2.26. The third-order valence-electron chi connectivity index (χ3n) is 5.21. The zero-order chi connectivity index (χ0) is 26.5. The normalized spacial score (nSPS) is 18.4. The van der Waals surface area contributed by atoms with Crippen molar-refractivity contribution in [3.8, 4) is 5.75 Å². The summed E-state index contributed by atoms with van der Waals surface area (Å²) in [7, 11) is 0. The van der Waals surface area contributed by atoms with Gasteiger partial charge in [0, 0.05) is 27.6 Å². The second-order valence-electron chi connectivity index (χ2n) is 9.27. The second kappa shape index (κ2) is 11.9. The summed E-state index contributed by atoms with van der Waals surface area (Å²) in [5.74, 6) is -1.95. The van der Waals surface area contributed by atoms with Gasteiger partial charge in [-0.2, -0.15) is 0 Å². The van der Waals surface area contributed by atoms with Gasteiger partial charge in [0.05, 0.1) is 0 Å². The van der Waals surface area contributed by atoms with Crippen LogP contribution in [0.5, 0.6) is 5.75 Å². The third-order valence-corrected chi connectivity index (χ3v) is 5.92. The van der Waals surface area contributed by atoms with Crippen molar-refractivity contribution in [3.63, 3.8) is 0 Å². The van der Waals surface area contributed by atoms with Crippen LogP contribution in [0.25, 0.3) is 0 Å². The molecule has 1 saturated heterocycles. The number of carbonyl (C=O) groups is 3. The summed E-state index contributed by atoms with van der Waals surface area (Å²) in [5, 5.41) is 15.8. The first-order chi connectivity index (χ1) is 16.9. The minimum Gasteiger partial charge on any atom is -0.489 e. The van der Waals surface area contributed by atoms with Crippen molar-refractivity contribution in [2.45, 2.75) is 57.6 Å². The van der Waals surface area contributed by atoms with Gasteiger partial charge in [-0.05, 0) is 50.6 Å². The number of carbonyl (C=O) groups excluding carboxylic acids is 2. The Hall–Kier alpha value is -2.85. The van der Waals surface area contributed by atoms with Gasteiger partial charge in [0.1, 0.15) is 25.2 Å². The molecule has 3 atom stereocenters. The number of hydrogen-bond acceptors (Lipinski definition) is 6. The molecule has 9 nitrogen and oxygen atoms in total. The maximum atomic E-state index is 12.8. The van der Waals surface area contributed by atoms with Gasteiger partial charge < -0.3 is 30.0 Å². The summed E-state index contributed by atoms with van der Waals surface area (Å²) in [6, 6.07) is 10.7. The average molecular weight is 539 g/mol. The van der Waals surface area contributed by atoms with E-state index >= 15 is 0 Å². The molecule has 0 bridgehead atoms. The SMILES string of the molecule is CC(C)(C)NC(=O)[C@@H]1OCO[C@H]1C(=O)N[C@@H](Cc1ccc(OCc2c(Cl)cccc2Cl)cc1)C(=O)O. The summed E-state index contributed by atoms with van der Waals surface area (Å²) in [5.41, 5.74) is 0.769. The van der Waals surface area contributed by atoms with E-state index in [1.54, 1.807) is 63.2 Å². The van der Waals surface area contributed by atoms with Crippen molar-refractivity contribution in [1.82, 2.24) is 10.6 Å². The fraction of sp³-hybridized carbons (Fsp3) is 0.400. The van der Waals surface area contributed by atoms with E-state index in [2.05, 4.69) is 10.6 Å². The molecule has 36 heavy (non-hydrogen) atoms. The molecule has 2 amide bonds. The number of rotatable bonds is 9. The highest BCUT2D eigenvalue weighted by atomic mass is 35.5.